The second-order valence-corrected chi connectivity index (χ2v) is 5.38. The van der Waals surface area contributed by atoms with Crippen molar-refractivity contribution in [3.8, 4) is 17.2 Å². The van der Waals surface area contributed by atoms with Crippen LogP contribution in [0.1, 0.15) is 5.56 Å². The van der Waals surface area contributed by atoms with E-state index in [2.05, 4.69) is 5.32 Å². The van der Waals surface area contributed by atoms with Gasteiger partial charge < -0.3 is 19.5 Å². The lowest BCUT2D eigenvalue weighted by Gasteiger charge is -2.24. The van der Waals surface area contributed by atoms with Crippen molar-refractivity contribution in [3.05, 3.63) is 48.0 Å². The maximum Gasteiger partial charge on any atom is 0.231 e. The molecule has 0 spiro atoms. The molecule has 0 bridgehead atoms. The quantitative estimate of drug-likeness (QED) is 0.943. The molecule has 1 atom stereocenters. The molecule has 1 amide bonds. The minimum Gasteiger partial charge on any atom is -0.497 e. The van der Waals surface area contributed by atoms with Crippen molar-refractivity contribution in [1.82, 2.24) is 0 Å². The number of anilines is 1. The molecule has 1 unspecified atom stereocenters. The Hall–Kier alpha value is -2.69. The lowest BCUT2D eigenvalue weighted by atomic mass is 9.96. The highest BCUT2D eigenvalue weighted by Crippen LogP contribution is 2.31. The predicted octanol–water partition coefficient (Wildman–Crippen LogP) is 2.89. The number of methoxy groups -OCH3 is 2. The molecule has 3 rings (SSSR count). The summed E-state index contributed by atoms with van der Waals surface area (Å²) in [6.07, 6.45) is 0.667. The summed E-state index contributed by atoms with van der Waals surface area (Å²) in [5.41, 5.74) is 1.68. The van der Waals surface area contributed by atoms with Crippen molar-refractivity contribution in [2.75, 3.05) is 26.1 Å². The zero-order valence-electron chi connectivity index (χ0n) is 13.2. The lowest BCUT2D eigenvalue weighted by Crippen LogP contribution is -2.32. The molecule has 120 valence electrons. The van der Waals surface area contributed by atoms with Crippen LogP contribution in [0.2, 0.25) is 0 Å². The first-order valence-corrected chi connectivity index (χ1v) is 7.45. The average Bonchev–Trinajstić information content (AvgIpc) is 2.61. The summed E-state index contributed by atoms with van der Waals surface area (Å²) in [7, 11) is 3.15. The number of ether oxygens (including phenoxy) is 3. The Balaban J connectivity index is 1.73. The largest absolute Gasteiger partial charge is 0.497 e. The number of nitrogens with one attached hydrogen (secondary N) is 1. The third-order valence-electron chi connectivity index (χ3n) is 3.92. The molecule has 0 fully saturated rings. The molecule has 0 aliphatic carbocycles. The van der Waals surface area contributed by atoms with Gasteiger partial charge in [0.15, 0.2) is 0 Å². The van der Waals surface area contributed by atoms with Gasteiger partial charge in [0.2, 0.25) is 5.91 Å². The summed E-state index contributed by atoms with van der Waals surface area (Å²) in [6.45, 7) is 0.376. The minimum atomic E-state index is -0.225. The first-order chi connectivity index (χ1) is 11.2. The molecule has 5 nitrogen and oxygen atoms in total. The molecule has 2 aromatic carbocycles. The Kier molecular flexibility index (Phi) is 4.37. The summed E-state index contributed by atoms with van der Waals surface area (Å²) in [6, 6.07) is 13.1. The van der Waals surface area contributed by atoms with E-state index < -0.39 is 0 Å². The number of benzene rings is 2. The summed E-state index contributed by atoms with van der Waals surface area (Å²) in [5.74, 6) is 1.79. The number of hydrogen-bond acceptors (Lipinski definition) is 4. The lowest BCUT2D eigenvalue weighted by molar-refractivity contribution is -0.121. The van der Waals surface area contributed by atoms with Gasteiger partial charge in [-0.2, -0.15) is 0 Å². The standard InChI is InChI=1S/C18H19NO4/c1-21-14-7-8-15(17(10-14)22-2)19-18(20)13-9-12-5-3-4-6-16(12)23-11-13/h3-8,10,13H,9,11H2,1-2H3,(H,19,20). The molecule has 1 heterocycles. The van der Waals surface area contributed by atoms with Crippen LogP contribution in [0.3, 0.4) is 0 Å². The number of fused-ring (bicyclic) bond motifs is 1. The molecule has 1 N–H and O–H groups in total. The van der Waals surface area contributed by atoms with E-state index in [-0.39, 0.29) is 11.8 Å². The Bertz CT molecular complexity index is 714. The van der Waals surface area contributed by atoms with Crippen molar-refractivity contribution < 1.29 is 19.0 Å². The SMILES string of the molecule is COc1ccc(NC(=O)C2COc3ccccc3C2)c(OC)c1. The molecule has 0 aromatic heterocycles. The van der Waals surface area contributed by atoms with E-state index in [9.17, 15) is 4.79 Å². The number of para-hydroxylation sites is 1. The van der Waals surface area contributed by atoms with Gasteiger partial charge in [0, 0.05) is 6.07 Å². The summed E-state index contributed by atoms with van der Waals surface area (Å²) in [5, 5.41) is 2.91. The molecule has 0 saturated carbocycles. The fourth-order valence-electron chi connectivity index (χ4n) is 2.63. The molecule has 2 aromatic rings. The molecular weight excluding hydrogens is 294 g/mol. The highest BCUT2D eigenvalue weighted by molar-refractivity contribution is 5.94. The molecule has 1 aliphatic rings. The number of carbonyl (C=O) groups is 1. The number of amides is 1. The van der Waals surface area contributed by atoms with Crippen LogP contribution in [0.5, 0.6) is 17.2 Å². The monoisotopic (exact) mass is 313 g/mol. The van der Waals surface area contributed by atoms with Gasteiger partial charge in [-0.05, 0) is 30.2 Å². The molecule has 0 saturated heterocycles. The second kappa shape index (κ2) is 6.60. The van der Waals surface area contributed by atoms with Crippen LogP contribution in [0.4, 0.5) is 5.69 Å². The van der Waals surface area contributed by atoms with E-state index in [1.165, 1.54) is 0 Å². The maximum absolute atomic E-state index is 12.5. The van der Waals surface area contributed by atoms with Crippen LogP contribution >= 0.6 is 0 Å². The summed E-state index contributed by atoms with van der Waals surface area (Å²) in [4.78, 5) is 12.5. The molecular formula is C18H19NO4. The van der Waals surface area contributed by atoms with E-state index in [0.29, 0.717) is 30.2 Å². The molecule has 1 aliphatic heterocycles. The van der Waals surface area contributed by atoms with Crippen LogP contribution in [0.15, 0.2) is 42.5 Å². The fraction of sp³-hybridized carbons (Fsp3) is 0.278. The van der Waals surface area contributed by atoms with Crippen molar-refractivity contribution in [1.29, 1.82) is 0 Å². The molecule has 5 heteroatoms. The van der Waals surface area contributed by atoms with Gasteiger partial charge in [-0.1, -0.05) is 18.2 Å². The van der Waals surface area contributed by atoms with Crippen LogP contribution in [0.25, 0.3) is 0 Å². The highest BCUT2D eigenvalue weighted by Gasteiger charge is 2.26. The zero-order chi connectivity index (χ0) is 16.2. The number of carbonyl (C=O) groups excluding carboxylic acids is 1. The van der Waals surface area contributed by atoms with Crippen molar-refractivity contribution in [2.45, 2.75) is 6.42 Å². The first kappa shape index (κ1) is 15.2. The van der Waals surface area contributed by atoms with Crippen LogP contribution in [-0.2, 0) is 11.2 Å². The number of rotatable bonds is 4. The Morgan fingerprint density at radius 1 is 1.17 bits per heavy atom. The van der Waals surface area contributed by atoms with Gasteiger partial charge in [-0.3, -0.25) is 4.79 Å². The van der Waals surface area contributed by atoms with E-state index in [0.717, 1.165) is 11.3 Å². The average molecular weight is 313 g/mol. The van der Waals surface area contributed by atoms with Crippen molar-refractivity contribution >= 4 is 11.6 Å². The van der Waals surface area contributed by atoms with Crippen LogP contribution in [-0.4, -0.2) is 26.7 Å². The first-order valence-electron chi connectivity index (χ1n) is 7.45. The number of hydrogen-bond donors (Lipinski definition) is 1. The van der Waals surface area contributed by atoms with Gasteiger partial charge in [0.25, 0.3) is 0 Å². The van der Waals surface area contributed by atoms with Gasteiger partial charge in [0.1, 0.15) is 23.9 Å². The van der Waals surface area contributed by atoms with Gasteiger partial charge in [-0.25, -0.2) is 0 Å². The summed E-state index contributed by atoms with van der Waals surface area (Å²) < 4.78 is 16.1. The second-order valence-electron chi connectivity index (χ2n) is 5.38. The van der Waals surface area contributed by atoms with E-state index in [1.807, 2.05) is 24.3 Å². The Labute approximate surface area is 135 Å². The van der Waals surface area contributed by atoms with E-state index in [1.54, 1.807) is 32.4 Å². The van der Waals surface area contributed by atoms with Gasteiger partial charge in [-0.15, -0.1) is 0 Å². The predicted molar refractivity (Wildman–Crippen MR) is 87.3 cm³/mol. The summed E-state index contributed by atoms with van der Waals surface area (Å²) >= 11 is 0. The maximum atomic E-state index is 12.5. The third-order valence-corrected chi connectivity index (χ3v) is 3.92. The van der Waals surface area contributed by atoms with Crippen LogP contribution < -0.4 is 19.5 Å². The topological polar surface area (TPSA) is 56.8 Å². The normalized spacial score (nSPS) is 16.0. The smallest absolute Gasteiger partial charge is 0.231 e. The molecule has 23 heavy (non-hydrogen) atoms. The van der Waals surface area contributed by atoms with Gasteiger partial charge in [0.05, 0.1) is 25.8 Å². The fourth-order valence-corrected chi connectivity index (χ4v) is 2.63. The van der Waals surface area contributed by atoms with Gasteiger partial charge >= 0.3 is 0 Å². The van der Waals surface area contributed by atoms with Crippen molar-refractivity contribution in [2.24, 2.45) is 5.92 Å². The third kappa shape index (κ3) is 3.23. The Morgan fingerprint density at radius 3 is 2.78 bits per heavy atom. The minimum absolute atomic E-state index is 0.0806. The van der Waals surface area contributed by atoms with Crippen LogP contribution in [0, 0.1) is 5.92 Å². The highest BCUT2D eigenvalue weighted by atomic mass is 16.5. The Morgan fingerprint density at radius 2 is 2.00 bits per heavy atom. The van der Waals surface area contributed by atoms with E-state index >= 15 is 0 Å². The van der Waals surface area contributed by atoms with Crippen molar-refractivity contribution in [3.63, 3.8) is 0 Å². The molecule has 0 radical (unpaired) electrons. The van der Waals surface area contributed by atoms with E-state index in [4.69, 9.17) is 14.2 Å². The zero-order valence-corrected chi connectivity index (χ0v) is 13.2.